The van der Waals surface area contributed by atoms with Gasteiger partial charge in [0.05, 0.1) is 17.1 Å². The van der Waals surface area contributed by atoms with E-state index in [9.17, 15) is 14.9 Å². The van der Waals surface area contributed by atoms with Gasteiger partial charge in [-0.15, -0.1) is 0 Å². The first-order chi connectivity index (χ1) is 8.99. The van der Waals surface area contributed by atoms with Crippen molar-refractivity contribution in [3.63, 3.8) is 0 Å². The topological polar surface area (TPSA) is 99.3 Å². The summed E-state index contributed by atoms with van der Waals surface area (Å²) in [5.41, 5.74) is -0.461. The van der Waals surface area contributed by atoms with Crippen molar-refractivity contribution in [1.82, 2.24) is 15.1 Å². The molecule has 0 bridgehead atoms. The van der Waals surface area contributed by atoms with E-state index in [-0.39, 0.29) is 23.5 Å². The Balaban J connectivity index is 2.09. The zero-order valence-electron chi connectivity index (χ0n) is 10.8. The molecule has 1 N–H and O–H groups in total. The summed E-state index contributed by atoms with van der Waals surface area (Å²) < 4.78 is 6.71. The van der Waals surface area contributed by atoms with E-state index in [1.54, 1.807) is 0 Å². The highest BCUT2D eigenvalue weighted by atomic mass is 16.6. The summed E-state index contributed by atoms with van der Waals surface area (Å²) in [6, 6.07) is -0.198. The van der Waals surface area contributed by atoms with E-state index in [1.807, 2.05) is 6.92 Å². The van der Waals surface area contributed by atoms with Crippen LogP contribution in [0.15, 0.2) is 6.20 Å². The Bertz CT molecular complexity index is 493. The average molecular weight is 268 g/mol. The van der Waals surface area contributed by atoms with E-state index in [2.05, 4.69) is 10.4 Å². The molecule has 0 unspecified atom stereocenters. The minimum Gasteiger partial charge on any atom is -0.376 e. The molecule has 1 saturated heterocycles. The Labute approximate surface area is 109 Å². The number of aryl methyl sites for hydroxylation is 1. The van der Waals surface area contributed by atoms with Gasteiger partial charge in [0, 0.05) is 13.7 Å². The third-order valence-electron chi connectivity index (χ3n) is 3.10. The van der Waals surface area contributed by atoms with Crippen LogP contribution in [-0.4, -0.2) is 39.4 Å². The molecule has 1 aliphatic heterocycles. The first kappa shape index (κ1) is 13.5. The van der Waals surface area contributed by atoms with E-state index in [0.717, 1.165) is 12.8 Å². The van der Waals surface area contributed by atoms with Gasteiger partial charge in [0.15, 0.2) is 0 Å². The lowest BCUT2D eigenvalue weighted by atomic mass is 10.1. The summed E-state index contributed by atoms with van der Waals surface area (Å²) in [4.78, 5) is 22.2. The van der Waals surface area contributed by atoms with Crippen LogP contribution in [0, 0.1) is 10.1 Å². The van der Waals surface area contributed by atoms with Gasteiger partial charge in [-0.05, 0) is 19.8 Å². The number of hydrogen-bond acceptors (Lipinski definition) is 5. The molecule has 2 heterocycles. The zero-order valence-corrected chi connectivity index (χ0v) is 10.8. The van der Waals surface area contributed by atoms with Crippen LogP contribution in [0.2, 0.25) is 0 Å². The predicted octanol–water partition coefficient (Wildman–Crippen LogP) is 0.626. The quantitative estimate of drug-likeness (QED) is 0.637. The monoisotopic (exact) mass is 268 g/mol. The second-order valence-electron chi connectivity index (χ2n) is 4.61. The van der Waals surface area contributed by atoms with Crippen LogP contribution in [0.25, 0.3) is 0 Å². The number of aromatic nitrogens is 2. The Morgan fingerprint density at radius 1 is 1.74 bits per heavy atom. The van der Waals surface area contributed by atoms with Crippen LogP contribution in [-0.2, 0) is 11.8 Å². The first-order valence-corrected chi connectivity index (χ1v) is 6.09. The molecule has 1 aromatic heterocycles. The number of nitro groups is 1. The van der Waals surface area contributed by atoms with Gasteiger partial charge >= 0.3 is 5.69 Å². The average Bonchev–Trinajstić information content (AvgIpc) is 2.96. The lowest BCUT2D eigenvalue weighted by Gasteiger charge is -2.19. The van der Waals surface area contributed by atoms with Gasteiger partial charge in [-0.2, -0.15) is 5.10 Å². The van der Waals surface area contributed by atoms with E-state index in [0.29, 0.717) is 6.61 Å². The molecule has 19 heavy (non-hydrogen) atoms. The molecule has 8 nitrogen and oxygen atoms in total. The van der Waals surface area contributed by atoms with Crippen molar-refractivity contribution in [3.8, 4) is 0 Å². The van der Waals surface area contributed by atoms with Gasteiger partial charge in [0.2, 0.25) is 5.69 Å². The maximum atomic E-state index is 12.0. The van der Waals surface area contributed by atoms with Gasteiger partial charge in [0.1, 0.15) is 6.20 Å². The third-order valence-corrected chi connectivity index (χ3v) is 3.10. The van der Waals surface area contributed by atoms with Crippen molar-refractivity contribution in [2.75, 3.05) is 6.61 Å². The number of nitrogens with one attached hydrogen (secondary N) is 1. The van der Waals surface area contributed by atoms with Crippen LogP contribution >= 0.6 is 0 Å². The lowest BCUT2D eigenvalue weighted by molar-refractivity contribution is -0.385. The van der Waals surface area contributed by atoms with E-state index in [1.165, 1.54) is 17.9 Å². The summed E-state index contributed by atoms with van der Waals surface area (Å²) in [5, 5.41) is 17.4. The van der Waals surface area contributed by atoms with Crippen LogP contribution in [0.3, 0.4) is 0 Å². The third kappa shape index (κ3) is 2.90. The van der Waals surface area contributed by atoms with E-state index >= 15 is 0 Å². The Hall–Kier alpha value is -1.96. The number of hydrogen-bond donors (Lipinski definition) is 1. The van der Waals surface area contributed by atoms with E-state index in [4.69, 9.17) is 4.74 Å². The molecule has 0 spiro atoms. The largest absolute Gasteiger partial charge is 0.376 e. The number of amides is 1. The summed E-state index contributed by atoms with van der Waals surface area (Å²) in [6.07, 6.45) is 3.03. The van der Waals surface area contributed by atoms with Crippen molar-refractivity contribution in [3.05, 3.63) is 22.0 Å². The molecule has 2 rings (SSSR count). The lowest BCUT2D eigenvalue weighted by Crippen LogP contribution is -2.41. The fraction of sp³-hybridized carbons (Fsp3) is 0.636. The summed E-state index contributed by atoms with van der Waals surface area (Å²) in [6.45, 7) is 2.51. The summed E-state index contributed by atoms with van der Waals surface area (Å²) in [7, 11) is 1.54. The Morgan fingerprint density at radius 3 is 3.05 bits per heavy atom. The van der Waals surface area contributed by atoms with Crippen LogP contribution in [0.4, 0.5) is 5.69 Å². The maximum Gasteiger partial charge on any atom is 0.320 e. The van der Waals surface area contributed by atoms with Gasteiger partial charge in [0.25, 0.3) is 5.91 Å². The van der Waals surface area contributed by atoms with Crippen LogP contribution in [0.1, 0.15) is 30.3 Å². The molecule has 2 atom stereocenters. The summed E-state index contributed by atoms with van der Waals surface area (Å²) in [5.74, 6) is -0.546. The number of rotatable bonds is 4. The maximum absolute atomic E-state index is 12.0. The molecule has 104 valence electrons. The molecule has 1 fully saturated rings. The van der Waals surface area contributed by atoms with Crippen LogP contribution < -0.4 is 5.32 Å². The molecule has 0 aliphatic carbocycles. The second kappa shape index (κ2) is 5.35. The summed E-state index contributed by atoms with van der Waals surface area (Å²) >= 11 is 0. The van der Waals surface area contributed by atoms with Gasteiger partial charge < -0.3 is 10.1 Å². The number of ether oxygens (including phenoxy) is 1. The van der Waals surface area contributed by atoms with Crippen LogP contribution in [0.5, 0.6) is 0 Å². The fourth-order valence-corrected chi connectivity index (χ4v) is 2.14. The van der Waals surface area contributed by atoms with E-state index < -0.39 is 10.8 Å². The second-order valence-corrected chi connectivity index (χ2v) is 4.61. The van der Waals surface area contributed by atoms with Crippen molar-refractivity contribution in [2.45, 2.75) is 31.9 Å². The zero-order chi connectivity index (χ0) is 14.0. The fourth-order valence-electron chi connectivity index (χ4n) is 2.14. The predicted molar refractivity (Wildman–Crippen MR) is 65.8 cm³/mol. The first-order valence-electron chi connectivity index (χ1n) is 6.09. The molecule has 0 aromatic carbocycles. The van der Waals surface area contributed by atoms with Gasteiger partial charge in [-0.25, -0.2) is 0 Å². The number of nitrogens with zero attached hydrogens (tertiary/aromatic N) is 3. The smallest absolute Gasteiger partial charge is 0.320 e. The standard InChI is InChI=1S/C11H16N4O4/c1-7(9-4-3-5-19-9)12-11(16)10-8(15(17)18)6-14(2)13-10/h6-7,9H,3-5H2,1-2H3,(H,12,16)/t7-,9+/m0/s1. The van der Waals surface area contributed by atoms with Crippen molar-refractivity contribution >= 4 is 11.6 Å². The molecular formula is C11H16N4O4. The molecule has 1 aromatic rings. The highest BCUT2D eigenvalue weighted by molar-refractivity contribution is 5.96. The SMILES string of the molecule is C[C@H](NC(=O)c1nn(C)cc1[N+](=O)[O-])[C@H]1CCCO1. The minimum atomic E-state index is -0.612. The molecule has 1 aliphatic rings. The highest BCUT2D eigenvalue weighted by Crippen LogP contribution is 2.18. The highest BCUT2D eigenvalue weighted by Gasteiger charge is 2.29. The van der Waals surface area contributed by atoms with Crippen molar-refractivity contribution in [2.24, 2.45) is 7.05 Å². The molecule has 0 saturated carbocycles. The molecular weight excluding hydrogens is 252 g/mol. The Kier molecular flexibility index (Phi) is 3.79. The number of carbonyl (C=O) groups is 1. The van der Waals surface area contributed by atoms with Crippen molar-refractivity contribution < 1.29 is 14.5 Å². The van der Waals surface area contributed by atoms with Crippen molar-refractivity contribution in [1.29, 1.82) is 0 Å². The molecule has 0 radical (unpaired) electrons. The van der Waals surface area contributed by atoms with Gasteiger partial charge in [-0.3, -0.25) is 19.6 Å². The number of carbonyl (C=O) groups excluding carboxylic acids is 1. The normalized spacial score (nSPS) is 20.2. The molecule has 8 heteroatoms. The molecule has 1 amide bonds. The van der Waals surface area contributed by atoms with Gasteiger partial charge in [-0.1, -0.05) is 0 Å². The minimum absolute atomic E-state index is 0.0354. The Morgan fingerprint density at radius 2 is 2.47 bits per heavy atom.